The number of imidazole rings is 1. The van der Waals surface area contributed by atoms with E-state index in [4.69, 9.17) is 4.74 Å². The maximum atomic E-state index is 13.3. The van der Waals surface area contributed by atoms with Gasteiger partial charge >= 0.3 is 0 Å². The average Bonchev–Trinajstić information content (AvgIpc) is 3.55. The Balaban J connectivity index is 1.57. The summed E-state index contributed by atoms with van der Waals surface area (Å²) in [5, 5.41) is 2.63. The lowest BCUT2D eigenvalue weighted by Crippen LogP contribution is -2.19. The van der Waals surface area contributed by atoms with Gasteiger partial charge in [-0.3, -0.25) is 4.79 Å². The first-order chi connectivity index (χ1) is 16.5. The molecule has 8 nitrogen and oxygen atoms in total. The number of nitrogens with zero attached hydrogens (tertiary/aromatic N) is 4. The van der Waals surface area contributed by atoms with Gasteiger partial charge in [-0.1, -0.05) is 6.07 Å². The Labute approximate surface area is 201 Å². The summed E-state index contributed by atoms with van der Waals surface area (Å²) < 4.78 is 34.9. The Bertz CT molecular complexity index is 1390. The number of carbonyl (C=O) groups excluding carboxylic acids is 1. The van der Waals surface area contributed by atoms with Gasteiger partial charge in [0.2, 0.25) is 0 Å². The molecule has 0 radical (unpaired) electrons. The number of benzene rings is 1. The normalized spacial score (nSPS) is 14.5. The number of fused-ring (bicyclic) bond motifs is 1. The molecule has 0 spiro atoms. The van der Waals surface area contributed by atoms with Crippen LogP contribution < -0.4 is 4.74 Å². The number of pyridine rings is 1. The molecule has 3 heterocycles. The smallest absolute Gasteiger partial charge is 0.199 e. The van der Waals surface area contributed by atoms with Crippen LogP contribution >= 0.6 is 11.3 Å². The molecule has 1 unspecified atom stereocenters. The van der Waals surface area contributed by atoms with E-state index in [1.165, 1.54) is 23.6 Å². The minimum absolute atomic E-state index is 0.00409. The van der Waals surface area contributed by atoms with Crippen LogP contribution in [0.25, 0.3) is 0 Å². The summed E-state index contributed by atoms with van der Waals surface area (Å²) >= 11 is 1.46. The maximum Gasteiger partial charge on any atom is 0.199 e. The molecule has 34 heavy (non-hydrogen) atoms. The third-order valence-corrected chi connectivity index (χ3v) is 8.16. The average molecular weight is 495 g/mol. The van der Waals surface area contributed by atoms with Gasteiger partial charge in [0.25, 0.3) is 0 Å². The molecular weight excluding hydrogens is 472 g/mol. The molecule has 0 bridgehead atoms. The summed E-state index contributed by atoms with van der Waals surface area (Å²) in [5.74, 6) is 0.165. The monoisotopic (exact) mass is 494 g/mol. The fourth-order valence-corrected chi connectivity index (χ4v) is 6.15. The van der Waals surface area contributed by atoms with E-state index in [0.29, 0.717) is 42.7 Å². The molecule has 0 saturated heterocycles. The zero-order chi connectivity index (χ0) is 23.5. The van der Waals surface area contributed by atoms with Crippen LogP contribution in [0.15, 0.2) is 71.9 Å². The van der Waals surface area contributed by atoms with Crippen LogP contribution in [0.2, 0.25) is 0 Å². The molecule has 1 atom stereocenters. The van der Waals surface area contributed by atoms with Gasteiger partial charge in [-0.2, -0.15) is 0 Å². The number of rotatable bonds is 8. The van der Waals surface area contributed by atoms with Crippen molar-refractivity contribution in [2.24, 2.45) is 0 Å². The van der Waals surface area contributed by atoms with E-state index in [1.807, 2.05) is 16.1 Å². The first-order valence-corrected chi connectivity index (χ1v) is 13.4. The zero-order valence-electron chi connectivity index (χ0n) is 18.2. The van der Waals surface area contributed by atoms with E-state index >= 15 is 0 Å². The van der Waals surface area contributed by atoms with Crippen LogP contribution in [0.3, 0.4) is 0 Å². The number of thiazole rings is 1. The Morgan fingerprint density at radius 3 is 2.74 bits per heavy atom. The van der Waals surface area contributed by atoms with Gasteiger partial charge in [-0.05, 0) is 42.7 Å². The Morgan fingerprint density at radius 2 is 2.00 bits per heavy atom. The second-order valence-corrected chi connectivity index (χ2v) is 10.9. The van der Waals surface area contributed by atoms with Gasteiger partial charge in [0, 0.05) is 47.7 Å². The predicted octanol–water partition coefficient (Wildman–Crippen LogP) is 4.05. The van der Waals surface area contributed by atoms with E-state index < -0.39 is 15.9 Å². The molecule has 0 amide bonds. The van der Waals surface area contributed by atoms with Gasteiger partial charge in [0.05, 0.1) is 18.6 Å². The van der Waals surface area contributed by atoms with Crippen molar-refractivity contribution in [2.45, 2.75) is 42.7 Å². The number of hydrogen-bond acceptors (Lipinski definition) is 8. The second kappa shape index (κ2) is 9.47. The lowest BCUT2D eigenvalue weighted by atomic mass is 9.87. The molecule has 5 rings (SSSR count). The van der Waals surface area contributed by atoms with E-state index in [-0.39, 0.29) is 16.6 Å². The molecular formula is C24H22N4O4S2. The maximum absolute atomic E-state index is 13.3. The Hall–Kier alpha value is -3.37. The Kier molecular flexibility index (Phi) is 6.25. The summed E-state index contributed by atoms with van der Waals surface area (Å²) in [7, 11) is -3.76. The summed E-state index contributed by atoms with van der Waals surface area (Å²) in [5.41, 5.74) is 1.84. The number of carbonyl (C=O) groups is 1. The number of sulfone groups is 1. The first-order valence-electron chi connectivity index (χ1n) is 10.8. The van der Waals surface area contributed by atoms with Gasteiger partial charge in [0.15, 0.2) is 26.8 Å². The lowest BCUT2D eigenvalue weighted by molar-refractivity contribution is 0.0972. The molecule has 174 valence electrons. The molecule has 3 aromatic heterocycles. The third kappa shape index (κ3) is 4.64. The standard InChI is InChI=1S/C24H22N4O4S2/c29-20-5-3-4-17-18(20)7-8-21(19(17)15-34(30,31)23-6-1-2-9-26-23)32-22(24-27-11-13-33-24)14-28-12-10-25-16-28/h1-2,6-13,16,22H,3-5,14-15H2. The van der Waals surface area contributed by atoms with Gasteiger partial charge in [0.1, 0.15) is 10.8 Å². The van der Waals surface area contributed by atoms with Crippen molar-refractivity contribution in [1.82, 2.24) is 19.5 Å². The van der Waals surface area contributed by atoms with Crippen LogP contribution in [0.1, 0.15) is 45.4 Å². The van der Waals surface area contributed by atoms with Crippen LogP contribution in [-0.4, -0.2) is 33.7 Å². The highest BCUT2D eigenvalue weighted by molar-refractivity contribution is 7.90. The Morgan fingerprint density at radius 1 is 1.09 bits per heavy atom. The number of ether oxygens (including phenoxy) is 1. The summed E-state index contributed by atoms with van der Waals surface area (Å²) in [6.45, 7) is 0.454. The molecule has 10 heteroatoms. The highest BCUT2D eigenvalue weighted by Crippen LogP contribution is 2.36. The molecule has 1 aliphatic rings. The molecule has 0 fully saturated rings. The van der Waals surface area contributed by atoms with Crippen LogP contribution in [0, 0.1) is 0 Å². The van der Waals surface area contributed by atoms with Crippen molar-refractivity contribution in [3.8, 4) is 5.75 Å². The molecule has 0 N–H and O–H groups in total. The molecule has 0 aliphatic heterocycles. The van der Waals surface area contributed by atoms with E-state index in [2.05, 4.69) is 15.0 Å². The van der Waals surface area contributed by atoms with E-state index in [9.17, 15) is 13.2 Å². The topological polar surface area (TPSA) is 104 Å². The van der Waals surface area contributed by atoms with E-state index in [0.717, 1.165) is 10.6 Å². The molecule has 0 saturated carbocycles. The number of ketones is 1. The fraction of sp³-hybridized carbons (Fsp3) is 0.250. The lowest BCUT2D eigenvalue weighted by Gasteiger charge is -2.24. The molecule has 1 aliphatic carbocycles. The van der Waals surface area contributed by atoms with E-state index in [1.54, 1.807) is 43.0 Å². The fourth-order valence-electron chi connectivity index (χ4n) is 4.14. The quantitative estimate of drug-likeness (QED) is 0.364. The van der Waals surface area contributed by atoms with Crippen molar-refractivity contribution >= 4 is 27.0 Å². The van der Waals surface area contributed by atoms with Gasteiger partial charge < -0.3 is 9.30 Å². The van der Waals surface area contributed by atoms with Crippen molar-refractivity contribution in [1.29, 1.82) is 0 Å². The van der Waals surface area contributed by atoms with Crippen LogP contribution in [-0.2, 0) is 28.6 Å². The minimum atomic E-state index is -3.76. The van der Waals surface area contributed by atoms with Gasteiger partial charge in [-0.25, -0.2) is 23.4 Å². The van der Waals surface area contributed by atoms with Crippen LogP contribution in [0.5, 0.6) is 5.75 Å². The number of Topliss-reactive ketones (excluding diaryl/α,β-unsaturated/α-hetero) is 1. The first kappa shape index (κ1) is 22.4. The third-order valence-electron chi connectivity index (χ3n) is 5.74. The summed E-state index contributed by atoms with van der Waals surface area (Å²) in [4.78, 5) is 25.1. The second-order valence-electron chi connectivity index (χ2n) is 8.01. The van der Waals surface area contributed by atoms with Crippen molar-refractivity contribution < 1.29 is 17.9 Å². The van der Waals surface area contributed by atoms with Crippen molar-refractivity contribution in [3.05, 3.63) is 88.5 Å². The molecule has 4 aromatic rings. The summed E-state index contributed by atoms with van der Waals surface area (Å²) in [6, 6.07) is 8.25. The van der Waals surface area contributed by atoms with Crippen molar-refractivity contribution in [2.75, 3.05) is 0 Å². The highest BCUT2D eigenvalue weighted by atomic mass is 32.2. The number of hydrogen-bond donors (Lipinski definition) is 0. The summed E-state index contributed by atoms with van der Waals surface area (Å²) in [6.07, 6.45) is 9.69. The number of aromatic nitrogens is 4. The van der Waals surface area contributed by atoms with Gasteiger partial charge in [-0.15, -0.1) is 11.3 Å². The molecule has 1 aromatic carbocycles. The SMILES string of the molecule is O=C1CCCc2c1ccc(OC(Cn1ccnc1)c1nccs1)c2CS(=O)(=O)c1ccccn1. The minimum Gasteiger partial charge on any atom is -0.481 e. The predicted molar refractivity (Wildman–Crippen MR) is 127 cm³/mol. The van der Waals surface area contributed by atoms with Crippen molar-refractivity contribution in [3.63, 3.8) is 0 Å². The largest absolute Gasteiger partial charge is 0.481 e. The zero-order valence-corrected chi connectivity index (χ0v) is 19.8. The van der Waals surface area contributed by atoms with Crippen LogP contribution in [0.4, 0.5) is 0 Å². The highest BCUT2D eigenvalue weighted by Gasteiger charge is 2.29.